The molecule has 4 N–H and O–H groups in total. The quantitative estimate of drug-likeness (QED) is 0.269. The van der Waals surface area contributed by atoms with E-state index >= 15 is 0 Å². The predicted octanol–water partition coefficient (Wildman–Crippen LogP) is -13.6. The third kappa shape index (κ3) is 22.2. The van der Waals surface area contributed by atoms with E-state index in [4.69, 9.17) is 20.4 Å². The van der Waals surface area contributed by atoms with Gasteiger partial charge in [-0.3, -0.25) is 29.0 Å². The monoisotopic (exact) mass is 324 g/mol. The second kappa shape index (κ2) is 19.5. The molecule has 0 saturated heterocycles. The SMILES string of the molecule is O=C(O)CN(CCN(CC(=O)O)CC(=O)O)CC(=O)O.[H-].[H-].[H-].[H-].[Li+].[Li+].[Li+].[Li+]. The van der Waals surface area contributed by atoms with Crippen molar-refractivity contribution < 1.29 is 121 Å². The molecule has 0 aromatic carbocycles. The van der Waals surface area contributed by atoms with Gasteiger partial charge in [-0.25, -0.2) is 0 Å². The fourth-order valence-electron chi connectivity index (χ4n) is 1.48. The van der Waals surface area contributed by atoms with E-state index in [1.54, 1.807) is 0 Å². The number of carboxylic acids is 4. The Bertz CT molecular complexity index is 348. The molecule has 122 valence electrons. The van der Waals surface area contributed by atoms with Crippen LogP contribution in [0, 0.1) is 0 Å². The second-order valence-corrected chi connectivity index (χ2v) is 4.00. The summed E-state index contributed by atoms with van der Waals surface area (Å²) in [4.78, 5) is 44.4. The van der Waals surface area contributed by atoms with Gasteiger partial charge < -0.3 is 26.1 Å². The predicted molar refractivity (Wildman–Crippen MR) is 67.9 cm³/mol. The molecule has 0 unspecified atom stereocenters. The molecule has 0 radical (unpaired) electrons. The molecule has 0 aliphatic carbocycles. The van der Waals surface area contributed by atoms with Crippen LogP contribution in [0.5, 0.6) is 0 Å². The van der Waals surface area contributed by atoms with Crippen molar-refractivity contribution in [2.45, 2.75) is 0 Å². The summed E-state index contributed by atoms with van der Waals surface area (Å²) >= 11 is 0. The molecule has 0 heterocycles. The number of carboxylic acid groups (broad SMARTS) is 4. The van der Waals surface area contributed by atoms with E-state index in [0.29, 0.717) is 0 Å². The summed E-state index contributed by atoms with van der Waals surface area (Å²) in [5.41, 5.74) is 0. The number of hydrogen-bond acceptors (Lipinski definition) is 6. The minimum atomic E-state index is -1.23. The number of rotatable bonds is 11. The van der Waals surface area contributed by atoms with E-state index in [0.717, 1.165) is 9.80 Å². The summed E-state index contributed by atoms with van der Waals surface area (Å²) in [6.07, 6.45) is 0. The Hall–Kier alpha value is 0.190. The molecule has 0 fully saturated rings. The number of aliphatic carboxylic acids is 4. The molecule has 0 saturated carbocycles. The molecular formula is C10H20Li4N2O8. The van der Waals surface area contributed by atoms with Crippen molar-refractivity contribution >= 4 is 23.9 Å². The molecule has 0 atom stereocenters. The molecule has 0 aliphatic heterocycles. The van der Waals surface area contributed by atoms with Gasteiger partial charge in [-0.05, 0) is 0 Å². The van der Waals surface area contributed by atoms with Gasteiger partial charge in [0.1, 0.15) is 0 Å². The normalized spacial score (nSPS) is 8.92. The average Bonchev–Trinajstić information content (AvgIpc) is 2.22. The summed E-state index contributed by atoms with van der Waals surface area (Å²) in [5, 5.41) is 34.5. The minimum absolute atomic E-state index is 0. The number of carbonyl (C=O) groups is 4. The van der Waals surface area contributed by atoms with Crippen LogP contribution in [0.4, 0.5) is 0 Å². The largest absolute Gasteiger partial charge is 1.00 e. The van der Waals surface area contributed by atoms with Crippen molar-refractivity contribution in [1.82, 2.24) is 9.80 Å². The van der Waals surface area contributed by atoms with Gasteiger partial charge in [-0.2, -0.15) is 0 Å². The fourth-order valence-corrected chi connectivity index (χ4v) is 1.48. The van der Waals surface area contributed by atoms with Crippen molar-refractivity contribution in [3.63, 3.8) is 0 Å². The van der Waals surface area contributed by atoms with Crippen LogP contribution in [0.25, 0.3) is 0 Å². The third-order valence-corrected chi connectivity index (χ3v) is 2.17. The Kier molecular flexibility index (Phi) is 28.7. The number of hydrogen-bond donors (Lipinski definition) is 4. The van der Waals surface area contributed by atoms with Gasteiger partial charge in [0.05, 0.1) is 26.2 Å². The zero-order chi connectivity index (χ0) is 15.7. The van der Waals surface area contributed by atoms with E-state index in [1.165, 1.54) is 0 Å². The molecule has 0 spiro atoms. The van der Waals surface area contributed by atoms with Crippen LogP contribution < -0.4 is 75.4 Å². The summed E-state index contributed by atoms with van der Waals surface area (Å²) in [6.45, 7) is -2.25. The molecule has 0 aliphatic rings. The van der Waals surface area contributed by atoms with Crippen LogP contribution in [-0.4, -0.2) is 93.4 Å². The summed E-state index contributed by atoms with van der Waals surface area (Å²) in [6, 6.07) is 0. The van der Waals surface area contributed by atoms with Gasteiger partial charge in [0.15, 0.2) is 0 Å². The maximum atomic E-state index is 10.6. The minimum Gasteiger partial charge on any atom is -1.00 e. The summed E-state index contributed by atoms with van der Waals surface area (Å²) in [5.74, 6) is -4.91. The first kappa shape index (κ1) is 35.3. The van der Waals surface area contributed by atoms with Crippen LogP contribution in [0.2, 0.25) is 0 Å². The molecule has 10 nitrogen and oxygen atoms in total. The van der Waals surface area contributed by atoms with Crippen molar-refractivity contribution in [3.05, 3.63) is 0 Å². The Morgan fingerprint density at radius 3 is 0.833 bits per heavy atom. The van der Waals surface area contributed by atoms with Gasteiger partial charge in [0.25, 0.3) is 0 Å². The smallest absolute Gasteiger partial charge is 1.00 e. The van der Waals surface area contributed by atoms with Crippen LogP contribution in [-0.2, 0) is 19.2 Å². The van der Waals surface area contributed by atoms with E-state index in [-0.39, 0.29) is 94.2 Å². The average molecular weight is 324 g/mol. The van der Waals surface area contributed by atoms with Crippen LogP contribution in [0.3, 0.4) is 0 Å². The molecule has 14 heteroatoms. The third-order valence-electron chi connectivity index (χ3n) is 2.17. The topological polar surface area (TPSA) is 156 Å². The molecular weight excluding hydrogens is 304 g/mol. The molecule has 0 rings (SSSR count). The van der Waals surface area contributed by atoms with E-state index in [9.17, 15) is 19.2 Å². The van der Waals surface area contributed by atoms with Gasteiger partial charge >= 0.3 is 99.3 Å². The first-order chi connectivity index (χ1) is 9.20. The van der Waals surface area contributed by atoms with Crippen LogP contribution in [0.1, 0.15) is 5.71 Å². The zero-order valence-corrected chi connectivity index (χ0v) is 14.6. The van der Waals surface area contributed by atoms with Gasteiger partial charge in [-0.1, -0.05) is 0 Å². The van der Waals surface area contributed by atoms with E-state index in [1.807, 2.05) is 0 Å². The summed E-state index contributed by atoms with van der Waals surface area (Å²) < 4.78 is 0. The van der Waals surface area contributed by atoms with E-state index < -0.39 is 50.1 Å². The second-order valence-electron chi connectivity index (χ2n) is 4.00. The Balaban J connectivity index is -0.0000000645. The van der Waals surface area contributed by atoms with E-state index in [2.05, 4.69) is 0 Å². The van der Waals surface area contributed by atoms with Crippen molar-refractivity contribution in [1.29, 1.82) is 0 Å². The van der Waals surface area contributed by atoms with Crippen molar-refractivity contribution in [3.8, 4) is 0 Å². The molecule has 0 amide bonds. The maximum absolute atomic E-state index is 10.6. The van der Waals surface area contributed by atoms with Gasteiger partial charge in [0, 0.05) is 13.1 Å². The Morgan fingerprint density at radius 2 is 0.708 bits per heavy atom. The summed E-state index contributed by atoms with van der Waals surface area (Å²) in [7, 11) is 0. The van der Waals surface area contributed by atoms with Crippen LogP contribution >= 0.6 is 0 Å². The molecule has 24 heavy (non-hydrogen) atoms. The first-order valence-corrected chi connectivity index (χ1v) is 5.52. The zero-order valence-electron chi connectivity index (χ0n) is 18.6. The Labute approximate surface area is 192 Å². The van der Waals surface area contributed by atoms with Crippen molar-refractivity contribution in [2.75, 3.05) is 39.3 Å². The molecule has 0 aromatic rings. The fraction of sp³-hybridized carbons (Fsp3) is 0.600. The maximum Gasteiger partial charge on any atom is 1.00 e. The van der Waals surface area contributed by atoms with Crippen molar-refractivity contribution in [2.24, 2.45) is 0 Å². The molecule has 0 aromatic heterocycles. The van der Waals surface area contributed by atoms with Gasteiger partial charge in [-0.15, -0.1) is 0 Å². The standard InChI is InChI=1S/C10H16N2O8.4Li.4H/c13-7(14)3-11(4-8(15)16)1-2-12(5-9(17)18)6-10(19)20;;;;;;;;/h1-6H2,(H,13,14)(H,15,16)(H,17,18)(H,19,20);;;;;;;;/q;4*+1;4*-1. The Morgan fingerprint density at radius 1 is 0.542 bits per heavy atom. The van der Waals surface area contributed by atoms with Gasteiger partial charge in [0.2, 0.25) is 0 Å². The molecule has 0 bridgehead atoms. The number of nitrogens with zero attached hydrogens (tertiary/aromatic N) is 2. The van der Waals surface area contributed by atoms with Crippen LogP contribution in [0.15, 0.2) is 0 Å². The first-order valence-electron chi connectivity index (χ1n) is 5.52.